The Hall–Kier alpha value is -1.77. The largest absolute Gasteiger partial charge is 0.351 e. The van der Waals surface area contributed by atoms with Crippen molar-refractivity contribution in [3.63, 3.8) is 0 Å². The number of nitrogens with one attached hydrogen (secondary N) is 2. The van der Waals surface area contributed by atoms with Crippen LogP contribution in [0.2, 0.25) is 0 Å². The third kappa shape index (κ3) is 2.65. The smallest absolute Gasteiger partial charge is 0.267 e. The highest BCUT2D eigenvalue weighted by Gasteiger charge is 2.20. The summed E-state index contributed by atoms with van der Waals surface area (Å²) in [4.78, 5) is 15.4. The molecule has 1 heterocycles. The van der Waals surface area contributed by atoms with Crippen molar-refractivity contribution in [3.8, 4) is 0 Å². The molecular formula is C16H20N2O. The lowest BCUT2D eigenvalue weighted by Gasteiger charge is -2.26. The second-order valence-electron chi connectivity index (χ2n) is 5.70. The van der Waals surface area contributed by atoms with Crippen molar-refractivity contribution in [2.75, 3.05) is 0 Å². The van der Waals surface area contributed by atoms with Crippen LogP contribution in [0.3, 0.4) is 0 Å². The summed E-state index contributed by atoms with van der Waals surface area (Å²) in [6.45, 7) is 2.29. The molecule has 1 aromatic heterocycles. The summed E-state index contributed by atoms with van der Waals surface area (Å²) in [5.74, 6) is 0.831. The number of para-hydroxylation sites is 1. The van der Waals surface area contributed by atoms with E-state index in [-0.39, 0.29) is 5.91 Å². The second kappa shape index (κ2) is 5.08. The minimum atomic E-state index is 0.0238. The molecule has 2 aromatic rings. The Morgan fingerprint density at radius 2 is 1.95 bits per heavy atom. The lowest BCUT2D eigenvalue weighted by Crippen LogP contribution is -2.37. The van der Waals surface area contributed by atoms with Crippen LogP contribution < -0.4 is 5.32 Å². The summed E-state index contributed by atoms with van der Waals surface area (Å²) < 4.78 is 0. The van der Waals surface area contributed by atoms with Crippen molar-refractivity contribution in [3.05, 3.63) is 36.0 Å². The maximum absolute atomic E-state index is 12.2. The molecule has 100 valence electrons. The predicted molar refractivity (Wildman–Crippen MR) is 77.2 cm³/mol. The van der Waals surface area contributed by atoms with E-state index < -0.39 is 0 Å². The van der Waals surface area contributed by atoms with Gasteiger partial charge in [-0.25, -0.2) is 0 Å². The number of hydrogen-bond acceptors (Lipinski definition) is 1. The van der Waals surface area contributed by atoms with Crippen molar-refractivity contribution in [1.29, 1.82) is 0 Å². The van der Waals surface area contributed by atoms with Crippen LogP contribution in [-0.2, 0) is 0 Å². The van der Waals surface area contributed by atoms with Crippen molar-refractivity contribution in [2.24, 2.45) is 5.92 Å². The molecule has 1 fully saturated rings. The van der Waals surface area contributed by atoms with Gasteiger partial charge in [0.25, 0.3) is 5.91 Å². The highest BCUT2D eigenvalue weighted by Crippen LogP contribution is 2.24. The highest BCUT2D eigenvalue weighted by molar-refractivity contribution is 5.98. The zero-order valence-electron chi connectivity index (χ0n) is 11.3. The maximum atomic E-state index is 12.2. The standard InChI is InChI=1S/C16H20N2O/c1-11-6-8-13(9-7-11)17-16(19)15-10-12-4-2-3-5-14(12)18-15/h2-5,10-11,13,18H,6-9H2,1H3,(H,17,19). The number of fused-ring (bicyclic) bond motifs is 1. The number of amides is 1. The molecule has 1 aromatic carbocycles. The molecule has 1 saturated carbocycles. The first-order valence-corrected chi connectivity index (χ1v) is 7.11. The Kier molecular flexibility index (Phi) is 3.28. The van der Waals surface area contributed by atoms with E-state index in [0.717, 1.165) is 29.7 Å². The molecule has 1 aliphatic rings. The second-order valence-corrected chi connectivity index (χ2v) is 5.70. The Morgan fingerprint density at radius 3 is 2.68 bits per heavy atom. The van der Waals surface area contributed by atoms with Crippen LogP contribution in [0.1, 0.15) is 43.1 Å². The molecule has 0 atom stereocenters. The number of benzene rings is 1. The first-order valence-electron chi connectivity index (χ1n) is 7.11. The Balaban J connectivity index is 1.70. The average Bonchev–Trinajstić information content (AvgIpc) is 2.85. The lowest BCUT2D eigenvalue weighted by molar-refractivity contribution is 0.0919. The summed E-state index contributed by atoms with van der Waals surface area (Å²) in [6.07, 6.45) is 4.65. The Labute approximate surface area is 113 Å². The van der Waals surface area contributed by atoms with E-state index in [1.807, 2.05) is 30.3 Å². The molecule has 0 saturated heterocycles. The molecule has 0 spiro atoms. The van der Waals surface area contributed by atoms with Crippen LogP contribution >= 0.6 is 0 Å². The third-order valence-corrected chi connectivity index (χ3v) is 4.13. The summed E-state index contributed by atoms with van der Waals surface area (Å²) in [7, 11) is 0. The molecule has 3 nitrogen and oxygen atoms in total. The quantitative estimate of drug-likeness (QED) is 0.849. The van der Waals surface area contributed by atoms with Gasteiger partial charge in [0.1, 0.15) is 5.69 Å². The molecular weight excluding hydrogens is 236 g/mol. The van der Waals surface area contributed by atoms with E-state index in [0.29, 0.717) is 11.7 Å². The molecule has 1 amide bonds. The molecule has 3 rings (SSSR count). The van der Waals surface area contributed by atoms with Gasteiger partial charge in [0.2, 0.25) is 0 Å². The Bertz CT molecular complexity index is 546. The summed E-state index contributed by atoms with van der Waals surface area (Å²) in [5, 5.41) is 4.23. The van der Waals surface area contributed by atoms with Crippen LogP contribution in [0.4, 0.5) is 0 Å². The number of H-pyrrole nitrogens is 1. The number of carbonyl (C=O) groups excluding carboxylic acids is 1. The number of rotatable bonds is 2. The highest BCUT2D eigenvalue weighted by atomic mass is 16.1. The molecule has 2 N–H and O–H groups in total. The first-order chi connectivity index (χ1) is 9.22. The number of aromatic amines is 1. The number of hydrogen-bond donors (Lipinski definition) is 2. The lowest BCUT2D eigenvalue weighted by atomic mass is 9.87. The van der Waals surface area contributed by atoms with Crippen molar-refractivity contribution in [1.82, 2.24) is 10.3 Å². The summed E-state index contributed by atoms with van der Waals surface area (Å²) >= 11 is 0. The minimum absolute atomic E-state index is 0.0238. The fourth-order valence-electron chi connectivity index (χ4n) is 2.86. The van der Waals surface area contributed by atoms with Gasteiger partial charge in [-0.2, -0.15) is 0 Å². The van der Waals surface area contributed by atoms with E-state index >= 15 is 0 Å². The van der Waals surface area contributed by atoms with Crippen molar-refractivity contribution < 1.29 is 4.79 Å². The molecule has 19 heavy (non-hydrogen) atoms. The molecule has 0 unspecified atom stereocenters. The van der Waals surface area contributed by atoms with Crippen LogP contribution in [0.5, 0.6) is 0 Å². The fraction of sp³-hybridized carbons (Fsp3) is 0.438. The van der Waals surface area contributed by atoms with Gasteiger partial charge in [-0.1, -0.05) is 25.1 Å². The van der Waals surface area contributed by atoms with Gasteiger partial charge in [-0.3, -0.25) is 4.79 Å². The van der Waals surface area contributed by atoms with Gasteiger partial charge < -0.3 is 10.3 Å². The summed E-state index contributed by atoms with van der Waals surface area (Å²) in [6, 6.07) is 10.2. The Morgan fingerprint density at radius 1 is 1.21 bits per heavy atom. The zero-order chi connectivity index (χ0) is 13.2. The van der Waals surface area contributed by atoms with Crippen LogP contribution in [0, 0.1) is 5.92 Å². The summed E-state index contributed by atoms with van der Waals surface area (Å²) in [5.41, 5.74) is 1.68. The average molecular weight is 256 g/mol. The molecule has 0 bridgehead atoms. The predicted octanol–water partition coefficient (Wildman–Crippen LogP) is 3.48. The van der Waals surface area contributed by atoms with Gasteiger partial charge in [-0.15, -0.1) is 0 Å². The van der Waals surface area contributed by atoms with Crippen LogP contribution in [0.25, 0.3) is 10.9 Å². The van der Waals surface area contributed by atoms with Crippen LogP contribution in [0.15, 0.2) is 30.3 Å². The van der Waals surface area contributed by atoms with Gasteiger partial charge in [0.15, 0.2) is 0 Å². The molecule has 0 radical (unpaired) electrons. The van der Waals surface area contributed by atoms with E-state index in [4.69, 9.17) is 0 Å². The fourth-order valence-corrected chi connectivity index (χ4v) is 2.86. The number of carbonyl (C=O) groups is 1. The third-order valence-electron chi connectivity index (χ3n) is 4.13. The van der Waals surface area contributed by atoms with Crippen LogP contribution in [-0.4, -0.2) is 16.9 Å². The van der Waals surface area contributed by atoms with Gasteiger partial charge in [0.05, 0.1) is 0 Å². The molecule has 3 heteroatoms. The minimum Gasteiger partial charge on any atom is -0.351 e. The molecule has 1 aliphatic carbocycles. The van der Waals surface area contributed by atoms with Gasteiger partial charge in [-0.05, 0) is 43.7 Å². The topological polar surface area (TPSA) is 44.9 Å². The van der Waals surface area contributed by atoms with Crippen molar-refractivity contribution in [2.45, 2.75) is 38.6 Å². The van der Waals surface area contributed by atoms with E-state index in [9.17, 15) is 4.79 Å². The zero-order valence-corrected chi connectivity index (χ0v) is 11.3. The maximum Gasteiger partial charge on any atom is 0.267 e. The van der Waals surface area contributed by atoms with Crippen molar-refractivity contribution >= 4 is 16.8 Å². The normalized spacial score (nSPS) is 23.4. The number of aromatic nitrogens is 1. The first kappa shape index (κ1) is 12.3. The van der Waals surface area contributed by atoms with E-state index in [2.05, 4.69) is 17.2 Å². The van der Waals surface area contributed by atoms with E-state index in [1.165, 1.54) is 12.8 Å². The SMILES string of the molecule is CC1CCC(NC(=O)c2cc3ccccc3[nH]2)CC1. The van der Waals surface area contributed by atoms with E-state index in [1.54, 1.807) is 0 Å². The van der Waals surface area contributed by atoms with Gasteiger partial charge >= 0.3 is 0 Å². The monoisotopic (exact) mass is 256 g/mol. The van der Waals surface area contributed by atoms with Gasteiger partial charge in [0, 0.05) is 16.9 Å². The molecule has 0 aliphatic heterocycles.